The summed E-state index contributed by atoms with van der Waals surface area (Å²) in [5, 5.41) is 20.4. The molecule has 0 amide bonds. The zero-order chi connectivity index (χ0) is 24.1. The van der Waals surface area contributed by atoms with E-state index in [2.05, 4.69) is 39.9 Å². The number of aliphatic hydroxyl groups excluding tert-OH is 2. The molecule has 0 aromatic carbocycles. The third-order valence-corrected chi connectivity index (χ3v) is 8.72. The molecule has 0 aliphatic carbocycles. The van der Waals surface area contributed by atoms with E-state index >= 15 is 0 Å². The number of H-pyrrole nitrogens is 1. The number of rotatable bonds is 8. The monoisotopic (exact) mass is 563 g/mol. The number of aliphatic hydroxyl groups is 2. The van der Waals surface area contributed by atoms with E-state index in [0.29, 0.717) is 0 Å². The van der Waals surface area contributed by atoms with Crippen LogP contribution in [0.4, 0.5) is 5.95 Å². The van der Waals surface area contributed by atoms with Gasteiger partial charge in [-0.15, -0.1) is 0 Å². The first-order valence-corrected chi connectivity index (χ1v) is 13.5. The zero-order valence-corrected chi connectivity index (χ0v) is 22.6. The van der Waals surface area contributed by atoms with Crippen LogP contribution < -0.4 is 106 Å². The minimum atomic E-state index is -5.95. The summed E-state index contributed by atoms with van der Waals surface area (Å²) in [6, 6.07) is 0. The molecule has 18 nitrogen and oxygen atoms in total. The SMILES string of the molecule is Nc1nc2c(ncn2[C@@H]2O[C@H](COP(=O)([O-])OP([O-])(=S)OP(=O)([O-])[O-])[C@@H](O)[C@H]2O)c(=O)[nH]1.[Li+].[Li+].[Li+].[Li+]. The van der Waals surface area contributed by atoms with Crippen LogP contribution in [0.2, 0.25) is 0 Å². The van der Waals surface area contributed by atoms with Crippen LogP contribution in [0.5, 0.6) is 0 Å². The smallest absolute Gasteiger partial charge is 0.790 e. The van der Waals surface area contributed by atoms with Crippen molar-refractivity contribution in [2.75, 3.05) is 12.3 Å². The van der Waals surface area contributed by atoms with E-state index in [9.17, 15) is 43.7 Å². The van der Waals surface area contributed by atoms with Crippen LogP contribution in [0.15, 0.2) is 11.1 Å². The Hall–Kier alpha value is 1.25. The fourth-order valence-electron chi connectivity index (χ4n) is 2.67. The molecule has 2 aromatic heterocycles. The van der Waals surface area contributed by atoms with Gasteiger partial charge in [-0.25, -0.2) is 4.98 Å². The van der Waals surface area contributed by atoms with Gasteiger partial charge in [0.25, 0.3) is 13.4 Å². The van der Waals surface area contributed by atoms with Crippen molar-refractivity contribution in [3.8, 4) is 0 Å². The van der Waals surface area contributed by atoms with E-state index in [0.717, 1.165) is 10.9 Å². The molecule has 1 aliphatic heterocycles. The van der Waals surface area contributed by atoms with Gasteiger partial charge in [-0.2, -0.15) is 4.98 Å². The molecular formula is C10H12Li4N5O13P3S. The number of nitrogens with zero attached hydrogens (tertiary/aromatic N) is 3. The summed E-state index contributed by atoms with van der Waals surface area (Å²) in [6.07, 6.45) is -5.38. The van der Waals surface area contributed by atoms with Crippen molar-refractivity contribution in [2.24, 2.45) is 0 Å². The number of anilines is 1. The van der Waals surface area contributed by atoms with E-state index < -0.39 is 59.1 Å². The Morgan fingerprint density at radius 2 is 1.72 bits per heavy atom. The molecule has 6 atom stereocenters. The third kappa shape index (κ3) is 10.0. The Balaban J connectivity index is 0. The van der Waals surface area contributed by atoms with Crippen molar-refractivity contribution < 1.29 is 132 Å². The molecule has 26 heteroatoms. The first-order chi connectivity index (χ1) is 14.6. The van der Waals surface area contributed by atoms with E-state index in [1.807, 2.05) is 0 Å². The van der Waals surface area contributed by atoms with Crippen molar-refractivity contribution in [3.05, 3.63) is 16.7 Å². The summed E-state index contributed by atoms with van der Waals surface area (Å²) >= 11 is 3.98. The van der Waals surface area contributed by atoms with Crippen LogP contribution in [0.1, 0.15) is 6.23 Å². The predicted molar refractivity (Wildman–Crippen MR) is 96.1 cm³/mol. The molecule has 0 spiro atoms. The first kappa shape index (κ1) is 39.4. The zero-order valence-electron chi connectivity index (χ0n) is 19.1. The Kier molecular flexibility index (Phi) is 16.1. The maximum absolute atomic E-state index is 11.8. The molecule has 0 radical (unpaired) electrons. The van der Waals surface area contributed by atoms with Crippen molar-refractivity contribution in [2.45, 2.75) is 24.5 Å². The molecule has 2 unspecified atom stereocenters. The average molecular weight is 563 g/mol. The first-order valence-electron chi connectivity index (χ1n) is 8.04. The van der Waals surface area contributed by atoms with Gasteiger partial charge in [0.2, 0.25) is 5.95 Å². The number of hydrogen-bond donors (Lipinski definition) is 4. The number of phosphoric ester groups is 1. The van der Waals surface area contributed by atoms with E-state index in [1.165, 1.54) is 0 Å². The number of ether oxygens (including phenoxy) is 1. The number of fused-ring (bicyclic) bond motifs is 1. The van der Waals surface area contributed by atoms with Crippen LogP contribution in [-0.4, -0.2) is 54.7 Å². The normalized spacial score (nSPS) is 24.8. The van der Waals surface area contributed by atoms with Gasteiger partial charge in [-0.05, 0) is 0 Å². The predicted octanol–water partition coefficient (Wildman–Crippen LogP) is -16.7. The number of aromatic nitrogens is 4. The second kappa shape index (κ2) is 14.8. The number of nitrogens with two attached hydrogens (primary N) is 1. The standard InChI is InChI=1S/C10H16N5O13P3S.4Li/c11-10-13-7-4(8(18)14-10)12-2-15(7)9-6(17)5(16)3(26-9)1-25-30(22,23)28-31(24,32)27-29(19,20)21;;;;/h2-3,5-6,9,16-17H,1H2,(H,22,23)(H,24,32)(H2,19,20,21)(H3,11,13,14,18);;;;/q;4*+1/p-4/t3-,5-,6-,9-,31?;;;;/m1..../s1. The summed E-state index contributed by atoms with van der Waals surface area (Å²) in [5.74, 6) is -0.280. The Labute approximate surface area is 254 Å². The molecule has 1 aliphatic rings. The van der Waals surface area contributed by atoms with Crippen molar-refractivity contribution in [1.82, 2.24) is 19.5 Å². The third-order valence-electron chi connectivity index (χ3n) is 3.86. The fourth-order valence-corrected chi connectivity index (χ4v) is 7.01. The van der Waals surface area contributed by atoms with Gasteiger partial charge in [-0.1, -0.05) is 11.8 Å². The quantitative estimate of drug-likeness (QED) is 0.171. The summed E-state index contributed by atoms with van der Waals surface area (Å²) in [4.78, 5) is 65.8. The maximum Gasteiger partial charge on any atom is 1.00 e. The molecule has 3 heterocycles. The van der Waals surface area contributed by atoms with Gasteiger partial charge in [0.1, 0.15) is 25.0 Å². The second-order valence-electron chi connectivity index (χ2n) is 6.12. The number of hydrogen-bond acceptors (Lipinski definition) is 17. The fraction of sp³-hybridized carbons (Fsp3) is 0.500. The van der Waals surface area contributed by atoms with Crippen LogP contribution >= 0.6 is 22.4 Å². The Morgan fingerprint density at radius 3 is 2.28 bits per heavy atom. The molecule has 180 valence electrons. The number of nitrogens with one attached hydrogen (secondary N) is 1. The van der Waals surface area contributed by atoms with Crippen molar-refractivity contribution >= 4 is 51.3 Å². The molecule has 1 fully saturated rings. The minimum absolute atomic E-state index is 0. The van der Waals surface area contributed by atoms with E-state index in [-0.39, 0.29) is 92.6 Å². The summed E-state index contributed by atoms with van der Waals surface area (Å²) in [7, 11) is -11.6. The van der Waals surface area contributed by atoms with Gasteiger partial charge >= 0.3 is 75.4 Å². The van der Waals surface area contributed by atoms with Crippen LogP contribution in [0.25, 0.3) is 11.2 Å². The molecule has 5 N–H and O–H groups in total. The summed E-state index contributed by atoms with van der Waals surface area (Å²) in [5.41, 5.74) is 4.48. The van der Waals surface area contributed by atoms with Gasteiger partial charge in [-0.3, -0.25) is 23.2 Å². The molecule has 1 saturated heterocycles. The number of phosphoric acid groups is 2. The topological polar surface area (TPSA) is 293 Å². The average Bonchev–Trinajstić information content (AvgIpc) is 3.12. The van der Waals surface area contributed by atoms with Gasteiger partial charge < -0.3 is 53.7 Å². The largest absolute Gasteiger partial charge is 1.00 e. The summed E-state index contributed by atoms with van der Waals surface area (Å²) < 4.78 is 40.0. The molecule has 0 bridgehead atoms. The molecule has 36 heavy (non-hydrogen) atoms. The molecule has 3 rings (SSSR count). The molecule has 2 aromatic rings. The van der Waals surface area contributed by atoms with Gasteiger partial charge in [0, 0.05) is 0 Å². The second-order valence-corrected chi connectivity index (χ2v) is 11.7. The minimum Gasteiger partial charge on any atom is -0.790 e. The number of nitrogen functional groups attached to an aromatic ring is 1. The van der Waals surface area contributed by atoms with Crippen molar-refractivity contribution in [3.63, 3.8) is 0 Å². The molecular weight excluding hydrogens is 551 g/mol. The van der Waals surface area contributed by atoms with E-state index in [4.69, 9.17) is 10.5 Å². The van der Waals surface area contributed by atoms with Crippen LogP contribution in [0.3, 0.4) is 0 Å². The van der Waals surface area contributed by atoms with Crippen LogP contribution in [-0.2, 0) is 38.8 Å². The summed E-state index contributed by atoms with van der Waals surface area (Å²) in [6.45, 7) is -6.38. The van der Waals surface area contributed by atoms with Crippen molar-refractivity contribution in [1.29, 1.82) is 0 Å². The van der Waals surface area contributed by atoms with Gasteiger partial charge in [0.05, 0.1) is 20.8 Å². The number of imidazole rings is 1. The Morgan fingerprint density at radius 1 is 1.14 bits per heavy atom. The molecule has 0 saturated carbocycles. The van der Waals surface area contributed by atoms with E-state index in [1.54, 1.807) is 0 Å². The van der Waals surface area contributed by atoms with Crippen LogP contribution in [0, 0.1) is 0 Å². The Bertz CT molecular complexity index is 1230. The van der Waals surface area contributed by atoms with Gasteiger partial charge in [0.15, 0.2) is 17.4 Å². The maximum atomic E-state index is 11.8. The number of aromatic amines is 1.